The van der Waals surface area contributed by atoms with Gasteiger partial charge in [0.15, 0.2) is 0 Å². The zero-order chi connectivity index (χ0) is 11.4. The van der Waals surface area contributed by atoms with Gasteiger partial charge >= 0.3 is 0 Å². The number of likely N-dealkylation sites (tertiary alicyclic amines) is 1. The van der Waals surface area contributed by atoms with Gasteiger partial charge in [0.05, 0.1) is 12.1 Å². The van der Waals surface area contributed by atoms with Crippen molar-refractivity contribution in [1.82, 2.24) is 4.90 Å². The van der Waals surface area contributed by atoms with Crippen LogP contribution in [0.3, 0.4) is 0 Å². The Kier molecular flexibility index (Phi) is 3.58. The first-order valence-electron chi connectivity index (χ1n) is 5.97. The Morgan fingerprint density at radius 1 is 1.31 bits per heavy atom. The molecular formula is C14H18N2. The average molecular weight is 214 g/mol. The molecule has 0 N–H and O–H groups in total. The van der Waals surface area contributed by atoms with E-state index in [-0.39, 0.29) is 6.04 Å². The number of hydrogen-bond acceptors (Lipinski definition) is 2. The summed E-state index contributed by atoms with van der Waals surface area (Å²) in [6, 6.07) is 12.9. The van der Waals surface area contributed by atoms with Crippen molar-refractivity contribution in [3.05, 3.63) is 35.9 Å². The molecular weight excluding hydrogens is 196 g/mol. The van der Waals surface area contributed by atoms with E-state index < -0.39 is 0 Å². The Labute approximate surface area is 97.5 Å². The lowest BCUT2D eigenvalue weighted by atomic mass is 9.94. The molecule has 0 spiro atoms. The van der Waals surface area contributed by atoms with E-state index in [2.05, 4.69) is 42.2 Å². The van der Waals surface area contributed by atoms with Gasteiger partial charge in [-0.2, -0.15) is 5.26 Å². The third-order valence-corrected chi connectivity index (χ3v) is 3.30. The van der Waals surface area contributed by atoms with E-state index >= 15 is 0 Å². The minimum absolute atomic E-state index is 0.108. The fraction of sp³-hybridized carbons (Fsp3) is 0.500. The molecule has 0 bridgehead atoms. The van der Waals surface area contributed by atoms with E-state index in [0.29, 0.717) is 5.92 Å². The summed E-state index contributed by atoms with van der Waals surface area (Å²) in [6.07, 6.45) is 2.20. The number of hydrogen-bond donors (Lipinski definition) is 0. The van der Waals surface area contributed by atoms with Crippen molar-refractivity contribution >= 4 is 0 Å². The quantitative estimate of drug-likeness (QED) is 0.757. The molecule has 2 heteroatoms. The molecule has 0 saturated carbocycles. The molecule has 1 heterocycles. The van der Waals surface area contributed by atoms with Gasteiger partial charge in [0, 0.05) is 13.1 Å². The second kappa shape index (κ2) is 5.14. The summed E-state index contributed by atoms with van der Waals surface area (Å²) >= 11 is 0. The van der Waals surface area contributed by atoms with Crippen LogP contribution in [0, 0.1) is 17.2 Å². The highest BCUT2D eigenvalue weighted by Crippen LogP contribution is 2.22. The molecule has 0 amide bonds. The zero-order valence-corrected chi connectivity index (χ0v) is 9.76. The molecule has 0 aliphatic carbocycles. The molecule has 0 aromatic heterocycles. The molecule has 1 saturated heterocycles. The van der Waals surface area contributed by atoms with Crippen molar-refractivity contribution in [3.63, 3.8) is 0 Å². The van der Waals surface area contributed by atoms with E-state index in [0.717, 1.165) is 19.5 Å². The minimum Gasteiger partial charge on any atom is -0.283 e. The lowest BCUT2D eigenvalue weighted by Gasteiger charge is -2.34. The van der Waals surface area contributed by atoms with Crippen molar-refractivity contribution in [1.29, 1.82) is 5.26 Å². The lowest BCUT2D eigenvalue weighted by molar-refractivity contribution is 0.138. The molecule has 0 unspecified atom stereocenters. The normalized spacial score (nSPS) is 26.2. The van der Waals surface area contributed by atoms with Crippen LogP contribution in [0.25, 0.3) is 0 Å². The van der Waals surface area contributed by atoms with E-state index in [4.69, 9.17) is 5.26 Å². The lowest BCUT2D eigenvalue weighted by Crippen LogP contribution is -2.41. The van der Waals surface area contributed by atoms with E-state index in [1.54, 1.807) is 0 Å². The van der Waals surface area contributed by atoms with Gasteiger partial charge in [0.2, 0.25) is 0 Å². The SMILES string of the molecule is C[C@H]1CC[C@@H](C#N)N(Cc2ccccc2)C1. The summed E-state index contributed by atoms with van der Waals surface area (Å²) in [4.78, 5) is 2.31. The maximum Gasteiger partial charge on any atom is 0.0980 e. The summed E-state index contributed by atoms with van der Waals surface area (Å²) in [5.41, 5.74) is 1.30. The Bertz CT molecular complexity index is 366. The van der Waals surface area contributed by atoms with Crippen molar-refractivity contribution in [2.24, 2.45) is 5.92 Å². The molecule has 1 aromatic carbocycles. The fourth-order valence-electron chi connectivity index (χ4n) is 2.38. The van der Waals surface area contributed by atoms with Crippen LogP contribution in [-0.4, -0.2) is 17.5 Å². The highest BCUT2D eigenvalue weighted by molar-refractivity contribution is 5.15. The van der Waals surface area contributed by atoms with Crippen LogP contribution in [0.4, 0.5) is 0 Å². The monoisotopic (exact) mass is 214 g/mol. The topological polar surface area (TPSA) is 27.0 Å². The van der Waals surface area contributed by atoms with Crippen LogP contribution in [0.15, 0.2) is 30.3 Å². The predicted octanol–water partition coefficient (Wildman–Crippen LogP) is 2.81. The van der Waals surface area contributed by atoms with Crippen LogP contribution in [0.5, 0.6) is 0 Å². The molecule has 2 atom stereocenters. The van der Waals surface area contributed by atoms with Crippen LogP contribution in [0.2, 0.25) is 0 Å². The molecule has 1 fully saturated rings. The molecule has 2 nitrogen and oxygen atoms in total. The van der Waals surface area contributed by atoms with Crippen molar-refractivity contribution in [2.75, 3.05) is 6.54 Å². The maximum absolute atomic E-state index is 9.13. The van der Waals surface area contributed by atoms with Crippen molar-refractivity contribution in [2.45, 2.75) is 32.4 Å². The molecule has 84 valence electrons. The Morgan fingerprint density at radius 2 is 2.06 bits per heavy atom. The van der Waals surface area contributed by atoms with Gasteiger partial charge in [-0.15, -0.1) is 0 Å². The summed E-state index contributed by atoms with van der Waals surface area (Å²) in [7, 11) is 0. The average Bonchev–Trinajstić information content (AvgIpc) is 2.31. The van der Waals surface area contributed by atoms with E-state index in [1.807, 2.05) is 6.07 Å². The van der Waals surface area contributed by atoms with E-state index in [1.165, 1.54) is 12.0 Å². The van der Waals surface area contributed by atoms with Gasteiger partial charge in [-0.1, -0.05) is 37.3 Å². The molecule has 16 heavy (non-hydrogen) atoms. The standard InChI is InChI=1S/C14H18N2/c1-12-7-8-14(9-15)16(10-12)11-13-5-3-2-4-6-13/h2-6,12,14H,7-8,10-11H2,1H3/t12-,14-/m0/s1. The Morgan fingerprint density at radius 3 is 2.75 bits per heavy atom. The van der Waals surface area contributed by atoms with Crippen LogP contribution >= 0.6 is 0 Å². The maximum atomic E-state index is 9.13. The van der Waals surface area contributed by atoms with Gasteiger partial charge in [0.25, 0.3) is 0 Å². The van der Waals surface area contributed by atoms with Gasteiger partial charge in [-0.25, -0.2) is 0 Å². The number of piperidine rings is 1. The van der Waals surface area contributed by atoms with Crippen LogP contribution < -0.4 is 0 Å². The number of nitriles is 1. The first-order chi connectivity index (χ1) is 7.79. The molecule has 2 rings (SSSR count). The second-order valence-electron chi connectivity index (χ2n) is 4.74. The Hall–Kier alpha value is -1.33. The first-order valence-corrected chi connectivity index (χ1v) is 5.97. The Balaban J connectivity index is 2.04. The molecule has 1 aromatic rings. The zero-order valence-electron chi connectivity index (χ0n) is 9.76. The molecule has 1 aliphatic rings. The van der Waals surface area contributed by atoms with Gasteiger partial charge < -0.3 is 0 Å². The van der Waals surface area contributed by atoms with Gasteiger partial charge in [0.1, 0.15) is 0 Å². The summed E-state index contributed by atoms with van der Waals surface area (Å²) in [5, 5.41) is 9.13. The van der Waals surface area contributed by atoms with Gasteiger partial charge in [-0.05, 0) is 24.3 Å². The molecule has 0 radical (unpaired) electrons. The van der Waals surface area contributed by atoms with Crippen LogP contribution in [-0.2, 0) is 6.54 Å². The third kappa shape index (κ3) is 2.62. The number of benzene rings is 1. The molecule has 1 aliphatic heterocycles. The number of rotatable bonds is 2. The van der Waals surface area contributed by atoms with Gasteiger partial charge in [-0.3, -0.25) is 4.90 Å². The van der Waals surface area contributed by atoms with E-state index in [9.17, 15) is 0 Å². The second-order valence-corrected chi connectivity index (χ2v) is 4.74. The van der Waals surface area contributed by atoms with Crippen LogP contribution in [0.1, 0.15) is 25.3 Å². The largest absolute Gasteiger partial charge is 0.283 e. The van der Waals surface area contributed by atoms with Crippen molar-refractivity contribution < 1.29 is 0 Å². The third-order valence-electron chi connectivity index (χ3n) is 3.30. The predicted molar refractivity (Wildman–Crippen MR) is 64.7 cm³/mol. The number of nitrogens with zero attached hydrogens (tertiary/aromatic N) is 2. The minimum atomic E-state index is 0.108. The summed E-state index contributed by atoms with van der Waals surface area (Å²) in [6.45, 7) is 4.22. The van der Waals surface area contributed by atoms with Crippen molar-refractivity contribution in [3.8, 4) is 6.07 Å². The first kappa shape index (κ1) is 11.2. The summed E-state index contributed by atoms with van der Waals surface area (Å²) in [5.74, 6) is 0.716. The smallest absolute Gasteiger partial charge is 0.0980 e. The fourth-order valence-corrected chi connectivity index (χ4v) is 2.38. The highest BCUT2D eigenvalue weighted by atomic mass is 15.2. The highest BCUT2D eigenvalue weighted by Gasteiger charge is 2.25. The summed E-state index contributed by atoms with van der Waals surface area (Å²) < 4.78 is 0.